The van der Waals surface area contributed by atoms with Crippen LogP contribution < -0.4 is 5.32 Å². The van der Waals surface area contributed by atoms with Gasteiger partial charge in [-0.25, -0.2) is 4.98 Å². The van der Waals surface area contributed by atoms with E-state index in [4.69, 9.17) is 0 Å². The molecule has 1 N–H and O–H groups in total. The second-order valence-corrected chi connectivity index (χ2v) is 5.58. The zero-order valence-electron chi connectivity index (χ0n) is 12.8. The van der Waals surface area contributed by atoms with Gasteiger partial charge >= 0.3 is 0 Å². The van der Waals surface area contributed by atoms with E-state index in [0.717, 1.165) is 5.69 Å². The molecule has 3 rings (SSSR count). The first-order chi connectivity index (χ1) is 11.1. The van der Waals surface area contributed by atoms with Gasteiger partial charge in [0, 0.05) is 23.3 Å². The summed E-state index contributed by atoms with van der Waals surface area (Å²) in [6, 6.07) is 11.3. The van der Waals surface area contributed by atoms with Gasteiger partial charge in [0.15, 0.2) is 0 Å². The first kappa shape index (κ1) is 14.9. The van der Waals surface area contributed by atoms with Gasteiger partial charge in [-0.15, -0.1) is 0 Å². The van der Waals surface area contributed by atoms with Gasteiger partial charge < -0.3 is 5.32 Å². The van der Waals surface area contributed by atoms with Crippen LogP contribution in [0.3, 0.4) is 0 Å². The van der Waals surface area contributed by atoms with E-state index in [2.05, 4.69) is 35.2 Å². The molecule has 0 bridgehead atoms. The van der Waals surface area contributed by atoms with Crippen molar-refractivity contribution in [2.24, 2.45) is 0 Å². The van der Waals surface area contributed by atoms with Gasteiger partial charge in [0.2, 0.25) is 5.95 Å². The summed E-state index contributed by atoms with van der Waals surface area (Å²) in [7, 11) is 0. The summed E-state index contributed by atoms with van der Waals surface area (Å²) in [5.74, 6) is -0.159. The molecule has 0 fully saturated rings. The number of benzene rings is 1. The number of fused-ring (bicyclic) bond motifs is 1. The van der Waals surface area contributed by atoms with Crippen LogP contribution in [0.25, 0.3) is 10.9 Å². The number of anilines is 2. The molecule has 3 aromatic rings. The number of hydrogen-bond donors (Lipinski definition) is 1. The van der Waals surface area contributed by atoms with Crippen LogP contribution in [0.5, 0.6) is 0 Å². The van der Waals surface area contributed by atoms with Gasteiger partial charge in [0.1, 0.15) is 6.07 Å². The van der Waals surface area contributed by atoms with E-state index in [-0.39, 0.29) is 0 Å². The summed E-state index contributed by atoms with van der Waals surface area (Å²) in [5, 5.41) is 13.0. The number of rotatable bonds is 3. The SMILES string of the molecule is CC(C)c1ccc(Nc2c(C#N)cnc3cnc(F)cc23)cc1. The molecule has 2 heterocycles. The summed E-state index contributed by atoms with van der Waals surface area (Å²) < 4.78 is 13.5. The molecule has 0 amide bonds. The Bertz CT molecular complexity index is 895. The summed E-state index contributed by atoms with van der Waals surface area (Å²) >= 11 is 0. The standard InChI is InChI=1S/C18H15FN4/c1-11(2)12-3-5-14(6-4-12)23-18-13(8-20)9-21-16-10-22-17(19)7-15(16)18/h3-7,9-11H,1-2H3,(H,21,23). The van der Waals surface area contributed by atoms with Crippen LogP contribution in [-0.2, 0) is 0 Å². The summed E-state index contributed by atoms with van der Waals surface area (Å²) in [6.45, 7) is 4.25. The van der Waals surface area contributed by atoms with Crippen LogP contribution in [-0.4, -0.2) is 9.97 Å². The number of hydrogen-bond acceptors (Lipinski definition) is 4. The number of pyridine rings is 2. The molecule has 2 aromatic heterocycles. The van der Waals surface area contributed by atoms with Crippen molar-refractivity contribution in [2.75, 3.05) is 5.32 Å². The molecule has 0 saturated carbocycles. The van der Waals surface area contributed by atoms with Gasteiger partial charge in [-0.1, -0.05) is 26.0 Å². The molecule has 0 unspecified atom stereocenters. The number of nitrogens with one attached hydrogen (secondary N) is 1. The van der Waals surface area contributed by atoms with E-state index in [1.165, 1.54) is 24.0 Å². The Hall–Kier alpha value is -3.00. The smallest absolute Gasteiger partial charge is 0.213 e. The molecule has 0 radical (unpaired) electrons. The number of halogens is 1. The maximum Gasteiger partial charge on any atom is 0.213 e. The normalized spacial score (nSPS) is 10.7. The molecule has 0 aliphatic heterocycles. The Balaban J connectivity index is 2.07. The fourth-order valence-electron chi connectivity index (χ4n) is 2.38. The van der Waals surface area contributed by atoms with Crippen LogP contribution in [0.15, 0.2) is 42.7 Å². The second kappa shape index (κ2) is 6.01. The van der Waals surface area contributed by atoms with E-state index in [0.29, 0.717) is 28.1 Å². The lowest BCUT2D eigenvalue weighted by atomic mass is 10.0. The van der Waals surface area contributed by atoms with E-state index < -0.39 is 5.95 Å². The average molecular weight is 306 g/mol. The molecule has 0 aliphatic rings. The van der Waals surface area contributed by atoms with Crippen molar-refractivity contribution in [2.45, 2.75) is 19.8 Å². The van der Waals surface area contributed by atoms with E-state index in [1.54, 1.807) is 0 Å². The molecular formula is C18H15FN4. The average Bonchev–Trinajstić information content (AvgIpc) is 2.56. The van der Waals surface area contributed by atoms with Crippen molar-refractivity contribution in [1.82, 2.24) is 9.97 Å². The Kier molecular flexibility index (Phi) is 3.90. The van der Waals surface area contributed by atoms with Crippen molar-refractivity contribution < 1.29 is 4.39 Å². The fraction of sp³-hybridized carbons (Fsp3) is 0.167. The van der Waals surface area contributed by atoms with Gasteiger partial charge in [-0.05, 0) is 23.6 Å². The van der Waals surface area contributed by atoms with Gasteiger partial charge in [-0.3, -0.25) is 4.98 Å². The first-order valence-electron chi connectivity index (χ1n) is 7.30. The van der Waals surface area contributed by atoms with Crippen molar-refractivity contribution in [3.63, 3.8) is 0 Å². The highest BCUT2D eigenvalue weighted by atomic mass is 19.1. The molecule has 4 nitrogen and oxygen atoms in total. The molecule has 0 aliphatic carbocycles. The highest BCUT2D eigenvalue weighted by Crippen LogP contribution is 2.29. The third-order valence-corrected chi connectivity index (χ3v) is 3.69. The lowest BCUT2D eigenvalue weighted by Gasteiger charge is -2.12. The molecule has 0 atom stereocenters. The van der Waals surface area contributed by atoms with Gasteiger partial charge in [0.05, 0.1) is 23.0 Å². The van der Waals surface area contributed by atoms with Crippen LogP contribution in [0.4, 0.5) is 15.8 Å². The highest BCUT2D eigenvalue weighted by Gasteiger charge is 2.11. The molecule has 114 valence electrons. The molecule has 23 heavy (non-hydrogen) atoms. The molecule has 0 spiro atoms. The fourth-order valence-corrected chi connectivity index (χ4v) is 2.38. The van der Waals surface area contributed by atoms with Gasteiger partial charge in [-0.2, -0.15) is 9.65 Å². The summed E-state index contributed by atoms with van der Waals surface area (Å²) in [4.78, 5) is 7.74. The minimum absolute atomic E-state index is 0.357. The Labute approximate surface area is 133 Å². The maximum atomic E-state index is 13.5. The summed E-state index contributed by atoms with van der Waals surface area (Å²) in [5.41, 5.74) is 3.49. The largest absolute Gasteiger partial charge is 0.354 e. The second-order valence-electron chi connectivity index (χ2n) is 5.58. The summed E-state index contributed by atoms with van der Waals surface area (Å²) in [6.07, 6.45) is 2.83. The van der Waals surface area contributed by atoms with Crippen molar-refractivity contribution in [3.05, 3.63) is 59.8 Å². The molecule has 0 saturated heterocycles. The van der Waals surface area contributed by atoms with Gasteiger partial charge in [0.25, 0.3) is 0 Å². The Morgan fingerprint density at radius 3 is 2.52 bits per heavy atom. The lowest BCUT2D eigenvalue weighted by Crippen LogP contribution is -1.98. The van der Waals surface area contributed by atoms with Crippen molar-refractivity contribution in [1.29, 1.82) is 5.26 Å². The molecule has 1 aromatic carbocycles. The van der Waals surface area contributed by atoms with Crippen molar-refractivity contribution >= 4 is 22.3 Å². The quantitative estimate of drug-likeness (QED) is 0.723. The third-order valence-electron chi connectivity index (χ3n) is 3.69. The minimum atomic E-state index is -0.604. The topological polar surface area (TPSA) is 61.6 Å². The highest BCUT2D eigenvalue weighted by molar-refractivity contribution is 5.95. The van der Waals surface area contributed by atoms with Crippen molar-refractivity contribution in [3.8, 4) is 6.07 Å². The van der Waals surface area contributed by atoms with E-state index >= 15 is 0 Å². The molecule has 5 heteroatoms. The zero-order chi connectivity index (χ0) is 16.4. The number of aromatic nitrogens is 2. The predicted molar refractivity (Wildman–Crippen MR) is 88.0 cm³/mol. The monoisotopic (exact) mass is 306 g/mol. The van der Waals surface area contributed by atoms with Crippen LogP contribution in [0.2, 0.25) is 0 Å². The maximum absolute atomic E-state index is 13.5. The first-order valence-corrected chi connectivity index (χ1v) is 7.30. The molecular weight excluding hydrogens is 291 g/mol. The van der Waals surface area contributed by atoms with Crippen LogP contribution >= 0.6 is 0 Å². The number of nitrogens with zero attached hydrogens (tertiary/aromatic N) is 3. The third kappa shape index (κ3) is 2.97. The van der Waals surface area contributed by atoms with E-state index in [1.807, 2.05) is 24.3 Å². The van der Waals surface area contributed by atoms with Crippen LogP contribution in [0.1, 0.15) is 30.9 Å². The Morgan fingerprint density at radius 1 is 1.13 bits per heavy atom. The minimum Gasteiger partial charge on any atom is -0.354 e. The van der Waals surface area contributed by atoms with Crippen LogP contribution in [0, 0.1) is 17.3 Å². The Morgan fingerprint density at radius 2 is 1.87 bits per heavy atom. The lowest BCUT2D eigenvalue weighted by molar-refractivity contribution is 0.586. The van der Waals surface area contributed by atoms with E-state index in [9.17, 15) is 9.65 Å². The number of nitriles is 1. The predicted octanol–water partition coefficient (Wildman–Crippen LogP) is 4.51. The zero-order valence-corrected chi connectivity index (χ0v) is 12.8.